The highest BCUT2D eigenvalue weighted by molar-refractivity contribution is 5.68. The van der Waals surface area contributed by atoms with Crippen molar-refractivity contribution in [3.8, 4) is 11.1 Å². The summed E-state index contributed by atoms with van der Waals surface area (Å²) < 4.78 is 0. The second-order valence-corrected chi connectivity index (χ2v) is 8.90. The minimum absolute atomic E-state index is 0.516. The molecule has 2 nitrogen and oxygen atoms in total. The summed E-state index contributed by atoms with van der Waals surface area (Å²) in [5.74, 6) is 0. The Morgan fingerprint density at radius 1 is 0.781 bits per heavy atom. The number of hydrogen-bond donors (Lipinski definition) is 0. The molecule has 1 unspecified atom stereocenters. The van der Waals surface area contributed by atoms with E-state index in [1.54, 1.807) is 0 Å². The zero-order valence-electron chi connectivity index (χ0n) is 18.7. The van der Waals surface area contributed by atoms with E-state index in [9.17, 15) is 0 Å². The van der Waals surface area contributed by atoms with E-state index < -0.39 is 0 Å². The van der Waals surface area contributed by atoms with E-state index in [1.807, 2.05) is 13.1 Å². The van der Waals surface area contributed by atoms with Gasteiger partial charge >= 0.3 is 0 Å². The van der Waals surface area contributed by atoms with E-state index in [2.05, 4.69) is 101 Å². The van der Waals surface area contributed by atoms with E-state index in [-0.39, 0.29) is 0 Å². The maximum absolute atomic E-state index is 4.56. The monoisotopic (exact) mass is 418 g/mol. The molecule has 160 valence electrons. The Labute approximate surface area is 191 Å². The topological polar surface area (TPSA) is 16.1 Å². The van der Waals surface area contributed by atoms with E-state index in [4.69, 9.17) is 0 Å². The molecule has 32 heavy (non-hydrogen) atoms. The number of aryl methyl sites for hydroxylation is 2. The smallest absolute Gasteiger partial charge is 0.0373 e. The minimum atomic E-state index is 0.516. The van der Waals surface area contributed by atoms with Crippen LogP contribution in [0, 0.1) is 6.92 Å². The third-order valence-electron chi connectivity index (χ3n) is 6.66. The van der Waals surface area contributed by atoms with E-state index in [0.717, 1.165) is 31.6 Å². The molecule has 0 aliphatic heterocycles. The molecule has 0 bridgehead atoms. The summed E-state index contributed by atoms with van der Waals surface area (Å²) in [6.45, 7) is 4.00. The Bertz CT molecular complexity index is 1110. The standard InChI is InChI=1S/C30H30N2/c1-23-15-16-27(20-31-23)29-14-8-13-26-17-18-28(19-30(26)29)32(21-24-9-4-2-5-10-24)22-25-11-6-3-7-12-25/h2-16,20,28H,17-19,21-22H2,1H3. The average molecular weight is 419 g/mol. The van der Waals surface area contributed by atoms with Crippen LogP contribution in [0.1, 0.15) is 34.4 Å². The molecule has 0 radical (unpaired) electrons. The quantitative estimate of drug-likeness (QED) is 0.350. The number of rotatable bonds is 6. The third kappa shape index (κ3) is 4.66. The number of aromatic nitrogens is 1. The van der Waals surface area contributed by atoms with Crippen LogP contribution in [-0.4, -0.2) is 15.9 Å². The zero-order valence-corrected chi connectivity index (χ0v) is 18.7. The van der Waals surface area contributed by atoms with Crippen molar-refractivity contribution in [1.82, 2.24) is 9.88 Å². The van der Waals surface area contributed by atoms with Crippen LogP contribution in [0.4, 0.5) is 0 Å². The number of fused-ring (bicyclic) bond motifs is 1. The number of nitrogens with zero attached hydrogens (tertiary/aromatic N) is 2. The number of hydrogen-bond acceptors (Lipinski definition) is 2. The fraction of sp³-hybridized carbons (Fsp3) is 0.233. The van der Waals surface area contributed by atoms with Crippen LogP contribution < -0.4 is 0 Å². The van der Waals surface area contributed by atoms with Gasteiger partial charge in [-0.25, -0.2) is 0 Å². The Kier molecular flexibility index (Phi) is 6.13. The van der Waals surface area contributed by atoms with Gasteiger partial charge in [-0.2, -0.15) is 0 Å². The molecule has 2 heteroatoms. The molecule has 0 saturated heterocycles. The number of pyridine rings is 1. The molecule has 1 heterocycles. The normalized spacial score (nSPS) is 15.5. The summed E-state index contributed by atoms with van der Waals surface area (Å²) in [6.07, 6.45) is 5.44. The lowest BCUT2D eigenvalue weighted by Gasteiger charge is -2.36. The Hall–Kier alpha value is -3.23. The molecule has 1 aliphatic rings. The summed E-state index contributed by atoms with van der Waals surface area (Å²) >= 11 is 0. The lowest BCUT2D eigenvalue weighted by Crippen LogP contribution is -2.38. The van der Waals surface area contributed by atoms with Crippen LogP contribution >= 0.6 is 0 Å². The molecule has 0 spiro atoms. The SMILES string of the molecule is Cc1ccc(-c2cccc3c2CC(N(Cc2ccccc2)Cc2ccccc2)CC3)cn1. The van der Waals surface area contributed by atoms with Gasteiger partial charge in [-0.1, -0.05) is 84.9 Å². The summed E-state index contributed by atoms with van der Waals surface area (Å²) in [4.78, 5) is 7.24. The van der Waals surface area contributed by atoms with Crippen LogP contribution in [-0.2, 0) is 25.9 Å². The van der Waals surface area contributed by atoms with Gasteiger partial charge in [0.2, 0.25) is 0 Å². The number of benzene rings is 3. The highest BCUT2D eigenvalue weighted by Crippen LogP contribution is 2.34. The highest BCUT2D eigenvalue weighted by atomic mass is 15.2. The van der Waals surface area contributed by atoms with Crippen LogP contribution in [0.15, 0.2) is 97.2 Å². The fourth-order valence-corrected chi connectivity index (χ4v) is 4.93. The molecule has 0 saturated carbocycles. The highest BCUT2D eigenvalue weighted by Gasteiger charge is 2.26. The molecular formula is C30H30N2. The summed E-state index contributed by atoms with van der Waals surface area (Å²) in [5, 5.41) is 0. The van der Waals surface area contributed by atoms with Gasteiger partial charge in [-0.15, -0.1) is 0 Å². The molecule has 5 rings (SSSR count). The Morgan fingerprint density at radius 2 is 1.47 bits per heavy atom. The average Bonchev–Trinajstić information content (AvgIpc) is 2.85. The van der Waals surface area contributed by atoms with Crippen molar-refractivity contribution in [2.24, 2.45) is 0 Å². The fourth-order valence-electron chi connectivity index (χ4n) is 4.93. The van der Waals surface area contributed by atoms with E-state index in [0.29, 0.717) is 6.04 Å². The first-order valence-electron chi connectivity index (χ1n) is 11.6. The first-order chi connectivity index (χ1) is 15.8. The Morgan fingerprint density at radius 3 is 2.09 bits per heavy atom. The first kappa shape index (κ1) is 20.7. The van der Waals surface area contributed by atoms with E-state index >= 15 is 0 Å². The van der Waals surface area contributed by atoms with E-state index in [1.165, 1.54) is 39.8 Å². The van der Waals surface area contributed by atoms with Gasteiger partial charge in [0.25, 0.3) is 0 Å². The molecule has 0 fully saturated rings. The molecule has 0 N–H and O–H groups in total. The minimum Gasteiger partial charge on any atom is -0.292 e. The van der Waals surface area contributed by atoms with Crippen molar-refractivity contribution in [2.45, 2.75) is 45.3 Å². The Balaban J connectivity index is 1.46. The van der Waals surface area contributed by atoms with Crippen molar-refractivity contribution < 1.29 is 0 Å². The van der Waals surface area contributed by atoms with Gasteiger partial charge in [0.15, 0.2) is 0 Å². The van der Waals surface area contributed by atoms with Crippen molar-refractivity contribution in [3.05, 3.63) is 125 Å². The molecule has 1 atom stereocenters. The second kappa shape index (κ2) is 9.50. The van der Waals surface area contributed by atoms with Gasteiger partial charge in [-0.05, 0) is 60.1 Å². The van der Waals surface area contributed by atoms with Crippen LogP contribution in [0.3, 0.4) is 0 Å². The van der Waals surface area contributed by atoms with Gasteiger partial charge < -0.3 is 0 Å². The van der Waals surface area contributed by atoms with Gasteiger partial charge in [0.1, 0.15) is 0 Å². The van der Waals surface area contributed by atoms with Crippen molar-refractivity contribution in [2.75, 3.05) is 0 Å². The van der Waals surface area contributed by atoms with Crippen LogP contribution in [0.25, 0.3) is 11.1 Å². The zero-order chi connectivity index (χ0) is 21.8. The van der Waals surface area contributed by atoms with Crippen molar-refractivity contribution in [1.29, 1.82) is 0 Å². The van der Waals surface area contributed by atoms with Gasteiger partial charge in [0, 0.05) is 36.6 Å². The summed E-state index contributed by atoms with van der Waals surface area (Å²) in [6, 6.07) is 33.4. The molecule has 3 aromatic carbocycles. The summed E-state index contributed by atoms with van der Waals surface area (Å²) in [7, 11) is 0. The summed E-state index contributed by atoms with van der Waals surface area (Å²) in [5.41, 5.74) is 9.40. The predicted octanol–water partition coefficient (Wildman–Crippen LogP) is 6.62. The van der Waals surface area contributed by atoms with Crippen LogP contribution in [0.5, 0.6) is 0 Å². The molecule has 1 aliphatic carbocycles. The molecule has 1 aromatic heterocycles. The maximum Gasteiger partial charge on any atom is 0.0373 e. The molecule has 4 aromatic rings. The molecular weight excluding hydrogens is 388 g/mol. The van der Waals surface area contributed by atoms with Crippen molar-refractivity contribution in [3.63, 3.8) is 0 Å². The second-order valence-electron chi connectivity index (χ2n) is 8.90. The lowest BCUT2D eigenvalue weighted by molar-refractivity contribution is 0.162. The largest absolute Gasteiger partial charge is 0.292 e. The first-order valence-corrected chi connectivity index (χ1v) is 11.6. The van der Waals surface area contributed by atoms with Gasteiger partial charge in [-0.3, -0.25) is 9.88 Å². The van der Waals surface area contributed by atoms with Gasteiger partial charge in [0.05, 0.1) is 0 Å². The predicted molar refractivity (Wildman–Crippen MR) is 132 cm³/mol. The van der Waals surface area contributed by atoms with Crippen molar-refractivity contribution >= 4 is 0 Å². The lowest BCUT2D eigenvalue weighted by atomic mass is 9.83. The third-order valence-corrected chi connectivity index (χ3v) is 6.66. The maximum atomic E-state index is 4.56. The molecule has 0 amide bonds. The van der Waals surface area contributed by atoms with Crippen LogP contribution in [0.2, 0.25) is 0 Å².